The Morgan fingerprint density at radius 1 is 1.35 bits per heavy atom. The van der Waals surface area contributed by atoms with Gasteiger partial charge < -0.3 is 4.74 Å². The molecule has 0 N–H and O–H groups in total. The summed E-state index contributed by atoms with van der Waals surface area (Å²) in [5.41, 5.74) is 2.05. The van der Waals surface area contributed by atoms with E-state index in [1.165, 1.54) is 0 Å². The van der Waals surface area contributed by atoms with Crippen molar-refractivity contribution in [2.45, 2.75) is 19.8 Å². The van der Waals surface area contributed by atoms with Gasteiger partial charge in [-0.2, -0.15) is 0 Å². The molecule has 1 amide bonds. The Bertz CT molecular complexity index is 411. The number of hydrogen-bond donors (Lipinski definition) is 0. The molecule has 0 saturated carbocycles. The SMILES string of the molecule is CCCCN1C(=O)OC/C1=C/c1ccccc1. The van der Waals surface area contributed by atoms with Gasteiger partial charge in [0.25, 0.3) is 0 Å². The van der Waals surface area contributed by atoms with Crippen molar-refractivity contribution < 1.29 is 9.53 Å². The third kappa shape index (κ3) is 2.87. The second-order valence-electron chi connectivity index (χ2n) is 4.11. The molecule has 2 rings (SSSR count). The zero-order valence-corrected chi connectivity index (χ0v) is 10.1. The summed E-state index contributed by atoms with van der Waals surface area (Å²) in [6.07, 6.45) is 3.87. The van der Waals surface area contributed by atoms with Gasteiger partial charge in [-0.25, -0.2) is 4.79 Å². The van der Waals surface area contributed by atoms with Crippen molar-refractivity contribution in [2.24, 2.45) is 0 Å². The van der Waals surface area contributed by atoms with Gasteiger partial charge in [0.1, 0.15) is 6.61 Å². The highest BCUT2D eigenvalue weighted by molar-refractivity contribution is 5.75. The standard InChI is InChI=1S/C14H17NO2/c1-2-3-9-15-13(11-17-14(15)16)10-12-7-5-4-6-8-12/h4-8,10H,2-3,9,11H2,1H3/b13-10-. The lowest BCUT2D eigenvalue weighted by molar-refractivity contribution is 0.158. The highest BCUT2D eigenvalue weighted by Crippen LogP contribution is 2.19. The van der Waals surface area contributed by atoms with Gasteiger partial charge in [-0.3, -0.25) is 4.90 Å². The molecule has 90 valence electrons. The van der Waals surface area contributed by atoms with Crippen molar-refractivity contribution in [3.05, 3.63) is 41.6 Å². The minimum atomic E-state index is -0.222. The van der Waals surface area contributed by atoms with Gasteiger partial charge in [-0.05, 0) is 18.1 Å². The van der Waals surface area contributed by atoms with Crippen LogP contribution in [0.15, 0.2) is 36.0 Å². The van der Waals surface area contributed by atoms with Gasteiger partial charge in [0.15, 0.2) is 0 Å². The Balaban J connectivity index is 2.14. The van der Waals surface area contributed by atoms with Gasteiger partial charge in [-0.1, -0.05) is 43.7 Å². The molecule has 1 saturated heterocycles. The first-order valence-corrected chi connectivity index (χ1v) is 6.01. The normalized spacial score (nSPS) is 17.6. The molecule has 1 heterocycles. The summed E-state index contributed by atoms with van der Waals surface area (Å²) in [6.45, 7) is 3.24. The zero-order valence-electron chi connectivity index (χ0n) is 10.1. The molecule has 0 atom stereocenters. The van der Waals surface area contributed by atoms with Gasteiger partial charge in [-0.15, -0.1) is 0 Å². The fourth-order valence-corrected chi connectivity index (χ4v) is 1.82. The van der Waals surface area contributed by atoms with Gasteiger partial charge in [0.2, 0.25) is 0 Å². The minimum absolute atomic E-state index is 0.222. The van der Waals surface area contributed by atoms with Crippen LogP contribution >= 0.6 is 0 Å². The molecule has 0 aliphatic carbocycles. The topological polar surface area (TPSA) is 29.5 Å². The number of benzene rings is 1. The number of ether oxygens (including phenoxy) is 1. The van der Waals surface area contributed by atoms with Crippen LogP contribution in [0, 0.1) is 0 Å². The predicted octanol–water partition coefficient (Wildman–Crippen LogP) is 3.28. The third-order valence-corrected chi connectivity index (χ3v) is 2.78. The number of carbonyl (C=O) groups is 1. The summed E-state index contributed by atoms with van der Waals surface area (Å²) >= 11 is 0. The summed E-state index contributed by atoms with van der Waals surface area (Å²) in [7, 11) is 0. The lowest BCUT2D eigenvalue weighted by atomic mass is 10.2. The Hall–Kier alpha value is -1.77. The molecule has 0 radical (unpaired) electrons. The maximum atomic E-state index is 11.5. The highest BCUT2D eigenvalue weighted by atomic mass is 16.6. The molecule has 17 heavy (non-hydrogen) atoms. The summed E-state index contributed by atoms with van der Waals surface area (Å²) in [5, 5.41) is 0. The quantitative estimate of drug-likeness (QED) is 0.795. The van der Waals surface area contributed by atoms with E-state index >= 15 is 0 Å². The van der Waals surface area contributed by atoms with Crippen LogP contribution < -0.4 is 0 Å². The van der Waals surface area contributed by atoms with E-state index in [2.05, 4.69) is 6.92 Å². The van der Waals surface area contributed by atoms with Crippen molar-refractivity contribution in [3.63, 3.8) is 0 Å². The van der Waals surface area contributed by atoms with Gasteiger partial charge in [0.05, 0.1) is 5.70 Å². The van der Waals surface area contributed by atoms with Gasteiger partial charge >= 0.3 is 6.09 Å². The van der Waals surface area contributed by atoms with Crippen molar-refractivity contribution in [3.8, 4) is 0 Å². The first-order valence-electron chi connectivity index (χ1n) is 6.01. The Kier molecular flexibility index (Phi) is 3.81. The number of hydrogen-bond acceptors (Lipinski definition) is 2. The summed E-state index contributed by atoms with van der Waals surface area (Å²) in [6, 6.07) is 10.00. The van der Waals surface area contributed by atoms with Crippen LogP contribution in [0.25, 0.3) is 6.08 Å². The van der Waals surface area contributed by atoms with E-state index in [1.54, 1.807) is 4.90 Å². The van der Waals surface area contributed by atoms with E-state index in [0.717, 1.165) is 30.6 Å². The average molecular weight is 231 g/mol. The fraction of sp³-hybridized carbons (Fsp3) is 0.357. The molecule has 3 nitrogen and oxygen atoms in total. The number of rotatable bonds is 4. The maximum absolute atomic E-state index is 11.5. The number of unbranched alkanes of at least 4 members (excludes halogenated alkanes) is 1. The van der Waals surface area contributed by atoms with Gasteiger partial charge in [0, 0.05) is 6.54 Å². The first kappa shape index (κ1) is 11.7. The molecule has 0 bridgehead atoms. The Morgan fingerprint density at radius 2 is 2.12 bits per heavy atom. The fourth-order valence-electron chi connectivity index (χ4n) is 1.82. The van der Waals surface area contributed by atoms with Crippen molar-refractivity contribution in [1.82, 2.24) is 4.90 Å². The van der Waals surface area contributed by atoms with Crippen molar-refractivity contribution >= 4 is 12.2 Å². The number of nitrogens with zero attached hydrogens (tertiary/aromatic N) is 1. The van der Waals surface area contributed by atoms with Crippen molar-refractivity contribution in [2.75, 3.05) is 13.2 Å². The molecule has 3 heteroatoms. The molecule has 0 spiro atoms. The van der Waals surface area contributed by atoms with Crippen LogP contribution in [-0.2, 0) is 4.74 Å². The monoisotopic (exact) mass is 231 g/mol. The first-order chi connectivity index (χ1) is 8.31. The zero-order chi connectivity index (χ0) is 12.1. The molecule has 1 fully saturated rings. The van der Waals surface area contributed by atoms with E-state index in [1.807, 2.05) is 36.4 Å². The molecule has 0 aromatic heterocycles. The van der Waals surface area contributed by atoms with E-state index < -0.39 is 0 Å². The molecule has 1 aliphatic rings. The highest BCUT2D eigenvalue weighted by Gasteiger charge is 2.26. The van der Waals surface area contributed by atoms with E-state index in [0.29, 0.717) is 6.61 Å². The second kappa shape index (κ2) is 5.53. The van der Waals surface area contributed by atoms with Crippen LogP contribution in [0.3, 0.4) is 0 Å². The lowest BCUT2D eigenvalue weighted by Gasteiger charge is -2.13. The molecule has 1 aromatic rings. The minimum Gasteiger partial charge on any atom is -0.443 e. The van der Waals surface area contributed by atoms with Crippen LogP contribution in [0.5, 0.6) is 0 Å². The number of carbonyl (C=O) groups excluding carboxylic acids is 1. The molecule has 1 aliphatic heterocycles. The van der Waals surface area contributed by atoms with E-state index in [9.17, 15) is 4.79 Å². The largest absolute Gasteiger partial charge is 0.443 e. The second-order valence-corrected chi connectivity index (χ2v) is 4.11. The molecular formula is C14H17NO2. The van der Waals surface area contributed by atoms with Crippen molar-refractivity contribution in [1.29, 1.82) is 0 Å². The number of cyclic esters (lactones) is 1. The Morgan fingerprint density at radius 3 is 2.82 bits per heavy atom. The van der Waals surface area contributed by atoms with Crippen LogP contribution in [0.1, 0.15) is 25.3 Å². The molecule has 0 unspecified atom stereocenters. The average Bonchev–Trinajstić information content (AvgIpc) is 2.69. The Labute approximate surface area is 102 Å². The summed E-state index contributed by atoms with van der Waals surface area (Å²) in [5.74, 6) is 0. The van der Waals surface area contributed by atoms with Crippen LogP contribution in [-0.4, -0.2) is 24.1 Å². The van der Waals surface area contributed by atoms with E-state index in [-0.39, 0.29) is 6.09 Å². The van der Waals surface area contributed by atoms with Crippen LogP contribution in [0.4, 0.5) is 4.79 Å². The summed E-state index contributed by atoms with van der Waals surface area (Å²) in [4.78, 5) is 13.3. The number of amides is 1. The molecule has 1 aromatic carbocycles. The third-order valence-electron chi connectivity index (χ3n) is 2.78. The summed E-state index contributed by atoms with van der Waals surface area (Å²) < 4.78 is 5.07. The predicted molar refractivity (Wildman–Crippen MR) is 67.4 cm³/mol. The lowest BCUT2D eigenvalue weighted by Crippen LogP contribution is -2.23. The maximum Gasteiger partial charge on any atom is 0.414 e. The van der Waals surface area contributed by atoms with Crippen LogP contribution in [0.2, 0.25) is 0 Å². The smallest absolute Gasteiger partial charge is 0.414 e. The van der Waals surface area contributed by atoms with E-state index in [4.69, 9.17) is 4.74 Å². The molecular weight excluding hydrogens is 214 g/mol.